The third kappa shape index (κ3) is 3.15. The van der Waals surface area contributed by atoms with Crippen molar-refractivity contribution in [3.05, 3.63) is 35.4 Å². The zero-order valence-corrected chi connectivity index (χ0v) is 9.47. The van der Waals surface area contributed by atoms with E-state index < -0.39 is 11.6 Å². The third-order valence-electron chi connectivity index (χ3n) is 2.62. The van der Waals surface area contributed by atoms with Crippen molar-refractivity contribution in [2.75, 3.05) is 19.6 Å². The van der Waals surface area contributed by atoms with Crippen molar-refractivity contribution in [3.63, 3.8) is 0 Å². The van der Waals surface area contributed by atoms with Crippen molar-refractivity contribution < 1.29 is 8.78 Å². The van der Waals surface area contributed by atoms with Crippen LogP contribution < -0.4 is 10.6 Å². The first-order valence-electron chi connectivity index (χ1n) is 5.72. The summed E-state index contributed by atoms with van der Waals surface area (Å²) in [5, 5.41) is 6.17. The predicted octanol–water partition coefficient (Wildman–Crippen LogP) is 1.45. The fourth-order valence-corrected chi connectivity index (χ4v) is 1.71. The molecule has 0 saturated heterocycles. The summed E-state index contributed by atoms with van der Waals surface area (Å²) in [6, 6.07) is 4.24. The Kier molecular flexibility index (Phi) is 3.90. The Hall–Kier alpha value is -1.65. The Balaban J connectivity index is 1.85. The van der Waals surface area contributed by atoms with Gasteiger partial charge in [0, 0.05) is 19.6 Å². The molecule has 5 heteroatoms. The molecule has 0 radical (unpaired) electrons. The second-order valence-corrected chi connectivity index (χ2v) is 3.90. The predicted molar refractivity (Wildman–Crippen MR) is 63.0 cm³/mol. The van der Waals surface area contributed by atoms with E-state index in [0.29, 0.717) is 18.5 Å². The average molecular weight is 239 g/mol. The van der Waals surface area contributed by atoms with E-state index in [2.05, 4.69) is 15.6 Å². The van der Waals surface area contributed by atoms with Gasteiger partial charge < -0.3 is 10.6 Å². The molecule has 92 valence electrons. The van der Waals surface area contributed by atoms with Crippen molar-refractivity contribution in [2.45, 2.75) is 12.8 Å². The van der Waals surface area contributed by atoms with Gasteiger partial charge in [0.1, 0.15) is 0 Å². The highest BCUT2D eigenvalue weighted by molar-refractivity contribution is 5.80. The maximum Gasteiger partial charge on any atom is 0.191 e. The summed E-state index contributed by atoms with van der Waals surface area (Å²) in [5.74, 6) is -0.809. The second kappa shape index (κ2) is 5.61. The van der Waals surface area contributed by atoms with Gasteiger partial charge in [0.15, 0.2) is 17.6 Å². The van der Waals surface area contributed by atoms with Crippen LogP contribution in [0.2, 0.25) is 0 Å². The van der Waals surface area contributed by atoms with Crippen molar-refractivity contribution >= 4 is 5.96 Å². The molecule has 2 rings (SSSR count). The standard InChI is InChI=1S/C12H15F2N3/c13-10-4-1-3-9(11(10)14)5-8-17-12-15-6-2-7-16-12/h1,3-4H,2,5-8H2,(H2,15,16,17). The molecule has 3 nitrogen and oxygen atoms in total. The first-order valence-corrected chi connectivity index (χ1v) is 5.72. The van der Waals surface area contributed by atoms with Gasteiger partial charge in [0.05, 0.1) is 0 Å². The fraction of sp³-hybridized carbons (Fsp3) is 0.417. The van der Waals surface area contributed by atoms with E-state index in [0.717, 1.165) is 31.5 Å². The zero-order valence-electron chi connectivity index (χ0n) is 9.47. The van der Waals surface area contributed by atoms with Crippen molar-refractivity contribution in [2.24, 2.45) is 4.99 Å². The minimum Gasteiger partial charge on any atom is -0.356 e. The summed E-state index contributed by atoms with van der Waals surface area (Å²) in [6.07, 6.45) is 1.47. The highest BCUT2D eigenvalue weighted by Gasteiger charge is 2.08. The number of nitrogens with zero attached hydrogens (tertiary/aromatic N) is 1. The molecule has 0 atom stereocenters. The number of guanidine groups is 1. The van der Waals surface area contributed by atoms with Gasteiger partial charge in [-0.1, -0.05) is 12.1 Å². The van der Waals surface area contributed by atoms with Crippen LogP contribution in [0.1, 0.15) is 12.0 Å². The minimum atomic E-state index is -0.796. The Morgan fingerprint density at radius 1 is 1.35 bits per heavy atom. The molecule has 2 N–H and O–H groups in total. The topological polar surface area (TPSA) is 36.4 Å². The smallest absolute Gasteiger partial charge is 0.191 e. The molecule has 17 heavy (non-hydrogen) atoms. The number of aliphatic imine (C=N–C) groups is 1. The van der Waals surface area contributed by atoms with Crippen molar-refractivity contribution in [1.29, 1.82) is 0 Å². The molecule has 0 unspecified atom stereocenters. The minimum absolute atomic E-state index is 0.383. The Morgan fingerprint density at radius 2 is 2.24 bits per heavy atom. The summed E-state index contributed by atoms with van der Waals surface area (Å²) in [6.45, 7) is 2.25. The monoisotopic (exact) mass is 239 g/mol. The van der Waals surface area contributed by atoms with E-state index >= 15 is 0 Å². The molecular formula is C12H15F2N3. The number of nitrogens with one attached hydrogen (secondary N) is 2. The lowest BCUT2D eigenvalue weighted by Gasteiger charge is -2.16. The molecule has 0 bridgehead atoms. The fourth-order valence-electron chi connectivity index (χ4n) is 1.71. The lowest BCUT2D eigenvalue weighted by Crippen LogP contribution is -2.41. The molecular weight excluding hydrogens is 224 g/mol. The van der Waals surface area contributed by atoms with Crippen molar-refractivity contribution in [3.8, 4) is 0 Å². The van der Waals surface area contributed by atoms with Gasteiger partial charge in [-0.05, 0) is 24.5 Å². The molecule has 1 aliphatic heterocycles. The van der Waals surface area contributed by atoms with Crippen LogP contribution in [-0.2, 0) is 6.42 Å². The largest absolute Gasteiger partial charge is 0.356 e. The molecule has 0 saturated carbocycles. The Labute approximate surface area is 98.9 Å². The van der Waals surface area contributed by atoms with Crippen LogP contribution in [0.25, 0.3) is 0 Å². The lowest BCUT2D eigenvalue weighted by atomic mass is 10.1. The van der Waals surface area contributed by atoms with Crippen LogP contribution in [-0.4, -0.2) is 25.6 Å². The van der Waals surface area contributed by atoms with Gasteiger partial charge in [0.25, 0.3) is 0 Å². The summed E-state index contributed by atoms with van der Waals surface area (Å²) >= 11 is 0. The normalized spacial score (nSPS) is 15.1. The van der Waals surface area contributed by atoms with E-state index in [1.54, 1.807) is 6.07 Å². The van der Waals surface area contributed by atoms with Gasteiger partial charge in [-0.3, -0.25) is 4.99 Å². The quantitative estimate of drug-likeness (QED) is 0.837. The summed E-state index contributed by atoms with van der Waals surface area (Å²) in [4.78, 5) is 4.23. The lowest BCUT2D eigenvalue weighted by molar-refractivity contribution is 0.498. The van der Waals surface area contributed by atoms with Gasteiger partial charge >= 0.3 is 0 Å². The van der Waals surface area contributed by atoms with Gasteiger partial charge in [-0.25, -0.2) is 8.78 Å². The van der Waals surface area contributed by atoms with E-state index in [-0.39, 0.29) is 0 Å². The molecule has 1 aromatic rings. The zero-order chi connectivity index (χ0) is 12.1. The number of halogens is 2. The Morgan fingerprint density at radius 3 is 3.00 bits per heavy atom. The number of hydrogen-bond donors (Lipinski definition) is 2. The molecule has 1 aromatic carbocycles. The molecule has 0 aliphatic carbocycles. The van der Waals surface area contributed by atoms with Gasteiger partial charge in [-0.15, -0.1) is 0 Å². The first kappa shape index (κ1) is 11.8. The van der Waals surface area contributed by atoms with Gasteiger partial charge in [0.2, 0.25) is 0 Å². The number of benzene rings is 1. The van der Waals surface area contributed by atoms with Crippen LogP contribution in [0, 0.1) is 11.6 Å². The maximum atomic E-state index is 13.3. The summed E-state index contributed by atoms with van der Waals surface area (Å²) in [7, 11) is 0. The molecule has 1 aliphatic rings. The number of rotatable bonds is 3. The average Bonchev–Trinajstić information content (AvgIpc) is 2.36. The number of hydrogen-bond acceptors (Lipinski definition) is 3. The second-order valence-electron chi connectivity index (χ2n) is 3.90. The maximum absolute atomic E-state index is 13.3. The molecule has 0 aromatic heterocycles. The SMILES string of the molecule is Fc1cccc(CCNC2=NCCCN2)c1F. The molecule has 0 spiro atoms. The van der Waals surface area contributed by atoms with E-state index in [4.69, 9.17) is 0 Å². The van der Waals surface area contributed by atoms with Crippen LogP contribution in [0.5, 0.6) is 0 Å². The van der Waals surface area contributed by atoms with E-state index in [1.165, 1.54) is 6.07 Å². The van der Waals surface area contributed by atoms with Crippen LogP contribution >= 0.6 is 0 Å². The highest BCUT2D eigenvalue weighted by atomic mass is 19.2. The van der Waals surface area contributed by atoms with Gasteiger partial charge in [-0.2, -0.15) is 0 Å². The van der Waals surface area contributed by atoms with Crippen LogP contribution in [0.4, 0.5) is 8.78 Å². The molecule has 1 heterocycles. The summed E-state index contributed by atoms with van der Waals surface area (Å²) in [5.41, 5.74) is 0.383. The van der Waals surface area contributed by atoms with E-state index in [1.807, 2.05) is 0 Å². The van der Waals surface area contributed by atoms with Crippen LogP contribution in [0.3, 0.4) is 0 Å². The Bertz CT molecular complexity index is 418. The molecule has 0 amide bonds. The highest BCUT2D eigenvalue weighted by Crippen LogP contribution is 2.11. The van der Waals surface area contributed by atoms with Crippen molar-refractivity contribution in [1.82, 2.24) is 10.6 Å². The first-order chi connectivity index (χ1) is 8.27. The molecule has 0 fully saturated rings. The third-order valence-corrected chi connectivity index (χ3v) is 2.62. The van der Waals surface area contributed by atoms with E-state index in [9.17, 15) is 8.78 Å². The van der Waals surface area contributed by atoms with Crippen LogP contribution in [0.15, 0.2) is 23.2 Å². The summed E-state index contributed by atoms with van der Waals surface area (Å²) < 4.78 is 26.2.